The molecule has 0 aromatic carbocycles. The van der Waals surface area contributed by atoms with Crippen LogP contribution in [0.3, 0.4) is 0 Å². The van der Waals surface area contributed by atoms with Gasteiger partial charge in [0.15, 0.2) is 0 Å². The Morgan fingerprint density at radius 2 is 1.63 bits per heavy atom. The lowest BCUT2D eigenvalue weighted by Crippen LogP contribution is -2.22. The van der Waals surface area contributed by atoms with Crippen molar-refractivity contribution in [3.8, 4) is 0 Å². The first kappa shape index (κ1) is 16.1. The summed E-state index contributed by atoms with van der Waals surface area (Å²) in [6.07, 6.45) is 7.28. The molecule has 2 nitrogen and oxygen atoms in total. The third kappa shape index (κ3) is 5.30. The lowest BCUT2D eigenvalue weighted by molar-refractivity contribution is -0.125. The van der Waals surface area contributed by atoms with E-state index in [0.29, 0.717) is 29.3 Å². The molecule has 0 amide bonds. The second-order valence-electron chi connectivity index (χ2n) is 6.31. The molecule has 108 valence electrons. The predicted octanol–water partition coefficient (Wildman–Crippen LogP) is 4.33. The third-order valence-electron chi connectivity index (χ3n) is 4.50. The minimum absolute atomic E-state index is 0.297. The Bertz CT molecular complexity index is 343. The van der Waals surface area contributed by atoms with Crippen molar-refractivity contribution in [2.45, 2.75) is 65.7 Å². The van der Waals surface area contributed by atoms with Crippen molar-refractivity contribution in [3.05, 3.63) is 12.2 Å². The van der Waals surface area contributed by atoms with E-state index in [4.69, 9.17) is 0 Å². The summed E-state index contributed by atoms with van der Waals surface area (Å²) in [4.78, 5) is 22.1. The van der Waals surface area contributed by atoms with Crippen LogP contribution in [0.2, 0.25) is 0 Å². The fraction of sp³-hybridized carbons (Fsp3) is 0.765. The highest BCUT2D eigenvalue weighted by molar-refractivity contribution is 5.82. The van der Waals surface area contributed by atoms with E-state index in [0.717, 1.165) is 38.5 Å². The maximum Gasteiger partial charge on any atom is 0.136 e. The number of rotatable bonds is 1. The van der Waals surface area contributed by atoms with Gasteiger partial charge in [-0.1, -0.05) is 32.4 Å². The van der Waals surface area contributed by atoms with Crippen LogP contribution in [0.15, 0.2) is 12.2 Å². The maximum atomic E-state index is 11.3. The highest BCUT2D eigenvalue weighted by atomic mass is 16.1. The van der Waals surface area contributed by atoms with Crippen molar-refractivity contribution in [3.63, 3.8) is 0 Å². The van der Waals surface area contributed by atoms with Crippen LogP contribution in [0.4, 0.5) is 0 Å². The second kappa shape index (κ2) is 7.62. The van der Waals surface area contributed by atoms with Crippen molar-refractivity contribution in [2.75, 3.05) is 0 Å². The molecule has 2 rings (SSSR count). The molecule has 2 fully saturated rings. The molecule has 0 spiro atoms. The molecule has 2 heteroatoms. The molecular weight excluding hydrogens is 236 g/mol. The zero-order valence-corrected chi connectivity index (χ0v) is 12.7. The minimum Gasteiger partial charge on any atom is -0.299 e. The van der Waals surface area contributed by atoms with Gasteiger partial charge in [0.2, 0.25) is 0 Å². The monoisotopic (exact) mass is 264 g/mol. The van der Waals surface area contributed by atoms with E-state index in [1.165, 1.54) is 12.0 Å². The van der Waals surface area contributed by atoms with Crippen molar-refractivity contribution in [2.24, 2.45) is 17.8 Å². The normalized spacial score (nSPS) is 31.4. The van der Waals surface area contributed by atoms with Crippen LogP contribution in [0.1, 0.15) is 65.7 Å². The van der Waals surface area contributed by atoms with Gasteiger partial charge in [-0.05, 0) is 38.5 Å². The molecule has 2 saturated carbocycles. The van der Waals surface area contributed by atoms with Crippen LogP contribution < -0.4 is 0 Å². The number of Topliss-reactive ketones (excluding diaryl/α,β-unsaturated/α-hetero) is 2. The molecule has 0 radical (unpaired) electrons. The molecule has 0 N–H and O–H groups in total. The van der Waals surface area contributed by atoms with Crippen molar-refractivity contribution < 1.29 is 9.59 Å². The first-order valence-corrected chi connectivity index (χ1v) is 7.62. The third-order valence-corrected chi connectivity index (χ3v) is 4.50. The van der Waals surface area contributed by atoms with Gasteiger partial charge in [0.25, 0.3) is 0 Å². The van der Waals surface area contributed by atoms with Crippen LogP contribution in [0, 0.1) is 17.8 Å². The summed E-state index contributed by atoms with van der Waals surface area (Å²) in [5, 5.41) is 0. The summed E-state index contributed by atoms with van der Waals surface area (Å²) in [6.45, 7) is 9.96. The molecule has 0 bridgehead atoms. The van der Waals surface area contributed by atoms with Crippen molar-refractivity contribution in [1.29, 1.82) is 0 Å². The van der Waals surface area contributed by atoms with Gasteiger partial charge in [0, 0.05) is 24.7 Å². The summed E-state index contributed by atoms with van der Waals surface area (Å²) >= 11 is 0. The number of ketones is 2. The summed E-state index contributed by atoms with van der Waals surface area (Å²) in [5.74, 6) is 2.02. The van der Waals surface area contributed by atoms with Gasteiger partial charge in [0.1, 0.15) is 11.6 Å². The first-order valence-electron chi connectivity index (χ1n) is 7.62. The average molecular weight is 264 g/mol. The Kier molecular flexibility index (Phi) is 6.47. The smallest absolute Gasteiger partial charge is 0.136 e. The van der Waals surface area contributed by atoms with Crippen LogP contribution in [-0.4, -0.2) is 11.6 Å². The van der Waals surface area contributed by atoms with E-state index in [-0.39, 0.29) is 0 Å². The van der Waals surface area contributed by atoms with E-state index >= 15 is 0 Å². The largest absolute Gasteiger partial charge is 0.299 e. The van der Waals surface area contributed by atoms with E-state index in [9.17, 15) is 9.59 Å². The van der Waals surface area contributed by atoms with Crippen LogP contribution in [0.5, 0.6) is 0 Å². The van der Waals surface area contributed by atoms with Gasteiger partial charge in [-0.25, -0.2) is 0 Å². The van der Waals surface area contributed by atoms with E-state index in [2.05, 4.69) is 6.58 Å². The molecule has 0 aromatic heterocycles. The molecule has 0 saturated heterocycles. The molecule has 0 heterocycles. The highest BCUT2D eigenvalue weighted by Gasteiger charge is 2.25. The summed E-state index contributed by atoms with van der Waals surface area (Å²) in [6, 6.07) is 0. The number of carbonyl (C=O) groups is 2. The van der Waals surface area contributed by atoms with Crippen LogP contribution >= 0.6 is 0 Å². The van der Waals surface area contributed by atoms with Gasteiger partial charge in [0.05, 0.1) is 0 Å². The maximum absolute atomic E-state index is 11.3. The highest BCUT2D eigenvalue weighted by Crippen LogP contribution is 2.29. The average Bonchev–Trinajstić information content (AvgIpc) is 2.37. The van der Waals surface area contributed by atoms with Gasteiger partial charge in [-0.3, -0.25) is 9.59 Å². The van der Waals surface area contributed by atoms with E-state index in [1.807, 2.05) is 20.8 Å². The van der Waals surface area contributed by atoms with Gasteiger partial charge >= 0.3 is 0 Å². The summed E-state index contributed by atoms with van der Waals surface area (Å²) in [5.41, 5.74) is 1.17. The van der Waals surface area contributed by atoms with E-state index < -0.39 is 0 Å². The zero-order valence-electron chi connectivity index (χ0n) is 12.7. The molecule has 0 aliphatic heterocycles. The second-order valence-corrected chi connectivity index (χ2v) is 6.31. The lowest BCUT2D eigenvalue weighted by Gasteiger charge is -2.25. The Morgan fingerprint density at radius 1 is 1.00 bits per heavy atom. The molecule has 3 atom stereocenters. The topological polar surface area (TPSA) is 34.1 Å². The Balaban J connectivity index is 0.000000200. The molecular formula is C17H28O2. The predicted molar refractivity (Wildman–Crippen MR) is 79.0 cm³/mol. The number of carbonyl (C=O) groups excluding carboxylic acids is 2. The van der Waals surface area contributed by atoms with Gasteiger partial charge in [-0.15, -0.1) is 0 Å². The molecule has 2 aliphatic rings. The van der Waals surface area contributed by atoms with E-state index in [1.54, 1.807) is 0 Å². The number of hydrogen-bond donors (Lipinski definition) is 0. The summed E-state index contributed by atoms with van der Waals surface area (Å²) < 4.78 is 0. The Hall–Kier alpha value is -0.920. The number of allylic oxidation sites excluding steroid dienone is 1. The number of hydrogen-bond acceptors (Lipinski definition) is 2. The zero-order chi connectivity index (χ0) is 14.4. The minimum atomic E-state index is 0.297. The van der Waals surface area contributed by atoms with Crippen LogP contribution in [0.25, 0.3) is 0 Å². The lowest BCUT2D eigenvalue weighted by atomic mass is 9.79. The Labute approximate surface area is 117 Å². The quantitative estimate of drug-likeness (QED) is 0.660. The van der Waals surface area contributed by atoms with Crippen molar-refractivity contribution >= 4 is 11.6 Å². The fourth-order valence-electron chi connectivity index (χ4n) is 2.74. The van der Waals surface area contributed by atoms with Crippen molar-refractivity contribution in [1.82, 2.24) is 0 Å². The summed E-state index contributed by atoms with van der Waals surface area (Å²) in [7, 11) is 0. The van der Waals surface area contributed by atoms with Crippen LogP contribution in [-0.2, 0) is 9.59 Å². The molecule has 2 aliphatic carbocycles. The first-order chi connectivity index (χ1) is 8.91. The Morgan fingerprint density at radius 3 is 2.05 bits per heavy atom. The molecule has 0 aromatic rings. The molecule has 19 heavy (non-hydrogen) atoms. The molecule has 0 unspecified atom stereocenters. The SMILES string of the molecule is C=C(C)[C@@H]1CC[C@@H](C)C(=O)C1.C[C@@H]1CCCCC1=O. The van der Waals surface area contributed by atoms with Gasteiger partial charge < -0.3 is 0 Å². The standard InChI is InChI=1S/C10H16O.C7H12O/c1-7(2)9-5-4-8(3)10(11)6-9;1-6-4-2-3-5-7(6)8/h8-9H,1,4-6H2,2-3H3;6H,2-5H2,1H3/t8-,9-;6-/m11/s1. The van der Waals surface area contributed by atoms with Gasteiger partial charge in [-0.2, -0.15) is 0 Å². The fourth-order valence-corrected chi connectivity index (χ4v) is 2.74.